The van der Waals surface area contributed by atoms with Gasteiger partial charge in [0.05, 0.1) is 0 Å². The number of hydrogen-bond acceptors (Lipinski definition) is 1. The van der Waals surface area contributed by atoms with Gasteiger partial charge in [-0.2, -0.15) is 0 Å². The van der Waals surface area contributed by atoms with Crippen LogP contribution in [0.25, 0.3) is 11.4 Å². The normalized spacial score (nSPS) is 13.3. The maximum Gasteiger partial charge on any atom is 1.00 e. The summed E-state index contributed by atoms with van der Waals surface area (Å²) < 4.78 is 0. The van der Waals surface area contributed by atoms with Crippen LogP contribution in [0.4, 0.5) is 0 Å². The molecule has 1 atom stereocenters. The Morgan fingerprint density at radius 1 is 1.12 bits per heavy atom. The van der Waals surface area contributed by atoms with E-state index >= 15 is 0 Å². The SMILES string of the molecule is Cc1cccc(/C([NH-])=C/C(N)=NCC(C)c2ccccc2)c1C.[Na+]. The second-order valence-corrected chi connectivity index (χ2v) is 5.88. The molecule has 4 heteroatoms. The predicted molar refractivity (Wildman–Crippen MR) is 99.6 cm³/mol. The maximum absolute atomic E-state index is 8.23. The van der Waals surface area contributed by atoms with Crippen molar-refractivity contribution >= 4 is 11.5 Å². The number of benzene rings is 2. The first-order valence-corrected chi connectivity index (χ1v) is 7.83. The Morgan fingerprint density at radius 3 is 2.46 bits per heavy atom. The van der Waals surface area contributed by atoms with Crippen LogP contribution in [0.3, 0.4) is 0 Å². The molecular formula is C20H24N3Na. The fourth-order valence-electron chi connectivity index (χ4n) is 2.44. The number of hydrogen-bond donors (Lipinski definition) is 1. The Labute approximate surface area is 167 Å². The van der Waals surface area contributed by atoms with Crippen molar-refractivity contribution in [2.24, 2.45) is 10.7 Å². The average molecular weight is 329 g/mol. The summed E-state index contributed by atoms with van der Waals surface area (Å²) in [5, 5.41) is 0. The van der Waals surface area contributed by atoms with Crippen molar-refractivity contribution in [2.75, 3.05) is 6.54 Å². The standard InChI is InChI=1S/C20H24N3.Na/c1-14-8-7-11-18(16(14)3)19(21)12-20(22)23-13-15(2)17-9-5-4-6-10-17;/h4-12,15,21H,13H2,1-3H3,(H2,22,23);/q-1;+1/b19-12-;. The molecule has 0 aromatic heterocycles. The van der Waals surface area contributed by atoms with Crippen LogP contribution < -0.4 is 35.3 Å². The zero-order chi connectivity index (χ0) is 16.8. The molecule has 0 aliphatic heterocycles. The zero-order valence-corrected chi connectivity index (χ0v) is 17.0. The molecule has 0 heterocycles. The summed E-state index contributed by atoms with van der Waals surface area (Å²) in [7, 11) is 0. The van der Waals surface area contributed by atoms with Crippen LogP contribution in [-0.2, 0) is 0 Å². The van der Waals surface area contributed by atoms with Gasteiger partial charge in [-0.05, 0) is 42.2 Å². The van der Waals surface area contributed by atoms with E-state index in [0.29, 0.717) is 24.0 Å². The van der Waals surface area contributed by atoms with Gasteiger partial charge in [0.15, 0.2) is 0 Å². The van der Waals surface area contributed by atoms with Crippen LogP contribution in [0.5, 0.6) is 0 Å². The first-order valence-electron chi connectivity index (χ1n) is 7.83. The van der Waals surface area contributed by atoms with Crippen LogP contribution in [0, 0.1) is 13.8 Å². The van der Waals surface area contributed by atoms with E-state index in [1.54, 1.807) is 6.08 Å². The minimum absolute atomic E-state index is 0. The third-order valence-corrected chi connectivity index (χ3v) is 4.10. The molecule has 0 saturated carbocycles. The minimum atomic E-state index is 0. The third-order valence-electron chi connectivity index (χ3n) is 4.10. The van der Waals surface area contributed by atoms with Crippen LogP contribution in [0.2, 0.25) is 0 Å². The van der Waals surface area contributed by atoms with Gasteiger partial charge < -0.3 is 11.5 Å². The molecule has 24 heavy (non-hydrogen) atoms. The van der Waals surface area contributed by atoms with E-state index in [2.05, 4.69) is 24.0 Å². The first kappa shape index (κ1) is 20.5. The molecule has 0 fully saturated rings. The smallest absolute Gasteiger partial charge is 0.698 e. The Morgan fingerprint density at radius 2 is 1.79 bits per heavy atom. The van der Waals surface area contributed by atoms with E-state index in [0.717, 1.165) is 11.1 Å². The van der Waals surface area contributed by atoms with Crippen LogP contribution in [0.1, 0.15) is 35.1 Å². The summed E-state index contributed by atoms with van der Waals surface area (Å²) in [5.41, 5.74) is 19.0. The zero-order valence-electron chi connectivity index (χ0n) is 15.0. The number of nitrogens with two attached hydrogens (primary N) is 1. The predicted octanol–water partition coefficient (Wildman–Crippen LogP) is 1.86. The maximum atomic E-state index is 8.23. The van der Waals surface area contributed by atoms with Gasteiger partial charge in [-0.25, -0.2) is 0 Å². The second kappa shape index (κ2) is 9.67. The summed E-state index contributed by atoms with van der Waals surface area (Å²) in [5.74, 6) is 0.705. The number of aryl methyl sites for hydroxylation is 1. The van der Waals surface area contributed by atoms with Gasteiger partial charge in [-0.1, -0.05) is 55.5 Å². The van der Waals surface area contributed by atoms with Crippen LogP contribution in [0.15, 0.2) is 59.6 Å². The number of aliphatic imine (C=N–C) groups is 1. The number of nitrogens with one attached hydrogen (secondary N) is 1. The topological polar surface area (TPSA) is 62.2 Å². The molecule has 0 bridgehead atoms. The van der Waals surface area contributed by atoms with Gasteiger partial charge in [0.2, 0.25) is 0 Å². The van der Waals surface area contributed by atoms with Crippen molar-refractivity contribution in [3.05, 3.63) is 82.6 Å². The largest absolute Gasteiger partial charge is 1.00 e. The third kappa shape index (κ3) is 5.52. The number of nitrogens with zero attached hydrogens (tertiary/aromatic N) is 1. The van der Waals surface area contributed by atoms with Crippen molar-refractivity contribution in [2.45, 2.75) is 26.7 Å². The van der Waals surface area contributed by atoms with E-state index in [-0.39, 0.29) is 29.6 Å². The molecule has 3 nitrogen and oxygen atoms in total. The van der Waals surface area contributed by atoms with Gasteiger partial charge in [-0.3, -0.25) is 4.99 Å². The van der Waals surface area contributed by atoms with Gasteiger partial charge in [0, 0.05) is 12.5 Å². The number of amidine groups is 1. The number of rotatable bonds is 5. The Kier molecular flexibility index (Phi) is 8.26. The minimum Gasteiger partial charge on any atom is -0.698 e. The van der Waals surface area contributed by atoms with E-state index in [1.807, 2.05) is 50.2 Å². The fourth-order valence-corrected chi connectivity index (χ4v) is 2.44. The Balaban J connectivity index is 0.00000288. The second-order valence-electron chi connectivity index (χ2n) is 5.88. The van der Waals surface area contributed by atoms with Crippen molar-refractivity contribution in [1.29, 1.82) is 0 Å². The molecule has 2 aromatic rings. The first-order chi connectivity index (χ1) is 11.0. The van der Waals surface area contributed by atoms with Gasteiger partial charge in [0.25, 0.3) is 0 Å². The summed E-state index contributed by atoms with van der Waals surface area (Å²) in [6.07, 6.45) is 1.64. The van der Waals surface area contributed by atoms with Crippen LogP contribution >= 0.6 is 0 Å². The van der Waals surface area contributed by atoms with Crippen molar-refractivity contribution in [1.82, 2.24) is 0 Å². The van der Waals surface area contributed by atoms with Gasteiger partial charge in [0.1, 0.15) is 5.84 Å². The molecule has 1 unspecified atom stereocenters. The monoisotopic (exact) mass is 329 g/mol. The molecule has 0 aliphatic rings. The van der Waals surface area contributed by atoms with Crippen LogP contribution in [-0.4, -0.2) is 12.4 Å². The molecule has 0 radical (unpaired) electrons. The molecule has 0 aliphatic carbocycles. The Hall–Kier alpha value is -1.55. The molecule has 120 valence electrons. The van der Waals surface area contributed by atoms with E-state index in [1.165, 1.54) is 11.1 Å². The average Bonchev–Trinajstić information content (AvgIpc) is 2.55. The Bertz CT molecular complexity index is 721. The molecule has 2 aromatic carbocycles. The van der Waals surface area contributed by atoms with Gasteiger partial charge in [-0.15, -0.1) is 5.70 Å². The molecule has 0 amide bonds. The summed E-state index contributed by atoms with van der Waals surface area (Å²) >= 11 is 0. The molecule has 0 spiro atoms. The van der Waals surface area contributed by atoms with E-state index < -0.39 is 0 Å². The fraction of sp³-hybridized carbons (Fsp3) is 0.250. The van der Waals surface area contributed by atoms with E-state index in [4.69, 9.17) is 11.5 Å². The molecule has 2 rings (SSSR count). The summed E-state index contributed by atoms with van der Waals surface area (Å²) in [6.45, 7) is 6.82. The molecule has 3 N–H and O–H groups in total. The quantitative estimate of drug-likeness (QED) is 0.508. The van der Waals surface area contributed by atoms with E-state index in [9.17, 15) is 0 Å². The van der Waals surface area contributed by atoms with Crippen molar-refractivity contribution in [3.63, 3.8) is 0 Å². The van der Waals surface area contributed by atoms with Crippen molar-refractivity contribution in [3.8, 4) is 0 Å². The summed E-state index contributed by atoms with van der Waals surface area (Å²) in [4.78, 5) is 4.42. The van der Waals surface area contributed by atoms with Gasteiger partial charge >= 0.3 is 29.6 Å². The van der Waals surface area contributed by atoms with Crippen molar-refractivity contribution < 1.29 is 29.6 Å². The molecule has 0 saturated heterocycles. The molecular weight excluding hydrogens is 305 g/mol. The summed E-state index contributed by atoms with van der Waals surface area (Å²) in [6, 6.07) is 16.2.